The Labute approximate surface area is 227 Å². The fraction of sp³-hybridized carbons (Fsp3) is 0.743. The molecular formula is C35H52O2. The predicted octanol–water partition coefficient (Wildman–Crippen LogP) is 9.08. The molecule has 4 rings (SSSR count). The van der Waals surface area contributed by atoms with Crippen LogP contribution in [0.3, 0.4) is 0 Å². The predicted molar refractivity (Wildman–Crippen MR) is 155 cm³/mol. The molecule has 4 aliphatic carbocycles. The Morgan fingerprint density at radius 1 is 1.05 bits per heavy atom. The molecule has 204 valence electrons. The van der Waals surface area contributed by atoms with Gasteiger partial charge in [-0.05, 0) is 91.3 Å². The van der Waals surface area contributed by atoms with Crippen molar-refractivity contribution < 1.29 is 9.53 Å². The van der Waals surface area contributed by atoms with Crippen molar-refractivity contribution in [3.63, 3.8) is 0 Å². The topological polar surface area (TPSA) is 26.3 Å². The van der Waals surface area contributed by atoms with Crippen molar-refractivity contribution in [1.82, 2.24) is 0 Å². The first kappa shape index (κ1) is 28.3. The molecule has 0 saturated heterocycles. The highest BCUT2D eigenvalue weighted by atomic mass is 16.5. The third kappa shape index (κ3) is 5.67. The molecule has 2 nitrogen and oxygen atoms in total. The maximum absolute atomic E-state index is 12.3. The maximum Gasteiger partial charge on any atom is 0.384 e. The summed E-state index contributed by atoms with van der Waals surface area (Å²) in [6, 6.07) is 0. The largest absolute Gasteiger partial charge is 0.452 e. The molecule has 0 aromatic carbocycles. The number of fused-ring (bicyclic) bond motifs is 5. The minimum Gasteiger partial charge on any atom is -0.452 e. The van der Waals surface area contributed by atoms with E-state index in [1.165, 1.54) is 31.3 Å². The Morgan fingerprint density at radius 2 is 1.84 bits per heavy atom. The third-order valence-electron chi connectivity index (χ3n) is 11.1. The van der Waals surface area contributed by atoms with Crippen LogP contribution in [0.1, 0.15) is 113 Å². The number of allylic oxidation sites excluding steroid dienone is 5. The molecule has 0 bridgehead atoms. The molecular weight excluding hydrogens is 452 g/mol. The Morgan fingerprint density at radius 3 is 2.57 bits per heavy atom. The van der Waals surface area contributed by atoms with E-state index >= 15 is 0 Å². The van der Waals surface area contributed by atoms with Gasteiger partial charge in [-0.1, -0.05) is 96.3 Å². The second kappa shape index (κ2) is 11.6. The zero-order valence-electron chi connectivity index (χ0n) is 24.7. The van der Waals surface area contributed by atoms with E-state index in [1.54, 1.807) is 5.57 Å². The first-order valence-corrected chi connectivity index (χ1v) is 15.4. The van der Waals surface area contributed by atoms with Crippen LogP contribution in [0, 0.1) is 58.2 Å². The van der Waals surface area contributed by atoms with Gasteiger partial charge in [-0.15, -0.1) is 0 Å². The summed E-state index contributed by atoms with van der Waals surface area (Å²) < 4.78 is 5.80. The summed E-state index contributed by atoms with van der Waals surface area (Å²) in [4.78, 5) is 12.3. The summed E-state index contributed by atoms with van der Waals surface area (Å²) in [6.45, 7) is 16.7. The monoisotopic (exact) mass is 504 g/mol. The molecule has 0 aromatic heterocycles. The number of rotatable bonds is 7. The van der Waals surface area contributed by atoms with Gasteiger partial charge >= 0.3 is 5.97 Å². The minimum atomic E-state index is -0.339. The summed E-state index contributed by atoms with van der Waals surface area (Å²) in [5.74, 6) is 9.50. The van der Waals surface area contributed by atoms with Crippen LogP contribution < -0.4 is 0 Å². The standard InChI is InChI=1S/C35H52O2/c1-8-9-10-11-12-33(36)37-28-19-21-34(6)27(23-28)15-16-29-31-18-17-30(35(31,7)22-20-32(29)34)26(5)14-13-25(4)24(2)3/h13-16,24-26,28,30-32H,8-10,17-23H2,1-7H3/t25-,26+,28?,30+,31-,32-,34-,35+/m0/s1. The van der Waals surface area contributed by atoms with E-state index < -0.39 is 0 Å². The van der Waals surface area contributed by atoms with Gasteiger partial charge in [0, 0.05) is 18.8 Å². The molecule has 4 aliphatic rings. The summed E-state index contributed by atoms with van der Waals surface area (Å²) >= 11 is 0. The lowest BCUT2D eigenvalue weighted by molar-refractivity contribution is -0.143. The summed E-state index contributed by atoms with van der Waals surface area (Å²) in [6.07, 6.45) is 21.1. The normalized spacial score (nSPS) is 36.4. The lowest BCUT2D eigenvalue weighted by Gasteiger charge is -2.55. The van der Waals surface area contributed by atoms with Crippen molar-refractivity contribution >= 4 is 5.97 Å². The smallest absolute Gasteiger partial charge is 0.384 e. The molecule has 0 spiro atoms. The molecule has 0 heterocycles. The van der Waals surface area contributed by atoms with Gasteiger partial charge in [-0.3, -0.25) is 0 Å². The van der Waals surface area contributed by atoms with Crippen LogP contribution in [-0.4, -0.2) is 12.1 Å². The highest BCUT2D eigenvalue weighted by Gasteiger charge is 2.57. The van der Waals surface area contributed by atoms with Crippen LogP contribution in [-0.2, 0) is 9.53 Å². The molecule has 1 unspecified atom stereocenters. The van der Waals surface area contributed by atoms with Crippen LogP contribution in [0.2, 0.25) is 0 Å². The first-order chi connectivity index (χ1) is 17.6. The van der Waals surface area contributed by atoms with Gasteiger partial charge in [-0.25, -0.2) is 4.79 Å². The number of carbonyl (C=O) groups is 1. The molecule has 3 fully saturated rings. The molecule has 0 aromatic rings. The van der Waals surface area contributed by atoms with Crippen LogP contribution >= 0.6 is 0 Å². The number of hydrogen-bond acceptors (Lipinski definition) is 2. The Kier molecular flexibility index (Phi) is 8.82. The zero-order valence-corrected chi connectivity index (χ0v) is 24.7. The van der Waals surface area contributed by atoms with Crippen molar-refractivity contribution in [2.24, 2.45) is 46.3 Å². The maximum atomic E-state index is 12.3. The molecule has 8 atom stereocenters. The average Bonchev–Trinajstić information content (AvgIpc) is 3.22. The lowest BCUT2D eigenvalue weighted by Crippen LogP contribution is -2.46. The highest BCUT2D eigenvalue weighted by molar-refractivity contribution is 5.88. The second-order valence-electron chi connectivity index (χ2n) is 13.6. The van der Waals surface area contributed by atoms with E-state index in [1.807, 2.05) is 0 Å². The molecule has 0 amide bonds. The number of unbranched alkanes of at least 4 members (excludes halogenated alkanes) is 2. The van der Waals surface area contributed by atoms with E-state index in [0.717, 1.165) is 50.4 Å². The third-order valence-corrected chi connectivity index (χ3v) is 11.1. The van der Waals surface area contributed by atoms with E-state index in [0.29, 0.717) is 29.1 Å². The Balaban J connectivity index is 1.46. The van der Waals surface area contributed by atoms with E-state index in [4.69, 9.17) is 4.74 Å². The molecule has 3 saturated carbocycles. The van der Waals surface area contributed by atoms with Crippen LogP contribution in [0.4, 0.5) is 0 Å². The van der Waals surface area contributed by atoms with Crippen LogP contribution in [0.15, 0.2) is 35.5 Å². The van der Waals surface area contributed by atoms with E-state index in [-0.39, 0.29) is 17.5 Å². The molecule has 0 aliphatic heterocycles. The second-order valence-corrected chi connectivity index (χ2v) is 13.6. The van der Waals surface area contributed by atoms with Crippen LogP contribution in [0.25, 0.3) is 0 Å². The number of carbonyl (C=O) groups excluding carboxylic acids is 1. The summed E-state index contributed by atoms with van der Waals surface area (Å²) in [5, 5.41) is 0. The van der Waals surface area contributed by atoms with Crippen molar-refractivity contribution in [2.45, 2.75) is 119 Å². The van der Waals surface area contributed by atoms with Gasteiger partial charge in [0.25, 0.3) is 0 Å². The number of hydrogen-bond donors (Lipinski definition) is 0. The van der Waals surface area contributed by atoms with Gasteiger partial charge in [0.2, 0.25) is 0 Å². The molecule has 0 radical (unpaired) electrons. The SMILES string of the molecule is CCCCC#CC(=O)OC1CC[C@@]2(C)C(=CC=C3[C@@H]4CC[C@H]([C@H](C)C=C[C@H](C)C(C)C)[C@@]4(C)CC[C@@H]32)C1. The van der Waals surface area contributed by atoms with Gasteiger partial charge < -0.3 is 4.74 Å². The Hall–Kier alpha value is -1.75. The van der Waals surface area contributed by atoms with Crippen LogP contribution in [0.5, 0.6) is 0 Å². The Bertz CT molecular complexity index is 986. The van der Waals surface area contributed by atoms with Gasteiger partial charge in [0.15, 0.2) is 0 Å². The van der Waals surface area contributed by atoms with Gasteiger partial charge in [0.05, 0.1) is 0 Å². The van der Waals surface area contributed by atoms with E-state index in [2.05, 4.69) is 84.6 Å². The molecule has 2 heteroatoms. The van der Waals surface area contributed by atoms with E-state index in [9.17, 15) is 4.79 Å². The summed E-state index contributed by atoms with van der Waals surface area (Å²) in [7, 11) is 0. The summed E-state index contributed by atoms with van der Waals surface area (Å²) in [5.41, 5.74) is 3.88. The lowest BCUT2D eigenvalue weighted by atomic mass is 9.50. The van der Waals surface area contributed by atoms with Crippen molar-refractivity contribution in [1.29, 1.82) is 0 Å². The highest BCUT2D eigenvalue weighted by Crippen LogP contribution is 2.66. The minimum absolute atomic E-state index is 0.0205. The fourth-order valence-electron chi connectivity index (χ4n) is 8.26. The zero-order chi connectivity index (χ0) is 26.8. The fourth-order valence-corrected chi connectivity index (χ4v) is 8.26. The van der Waals surface area contributed by atoms with Crippen molar-refractivity contribution in [3.8, 4) is 11.8 Å². The average molecular weight is 505 g/mol. The molecule has 37 heavy (non-hydrogen) atoms. The van der Waals surface area contributed by atoms with Crippen molar-refractivity contribution in [3.05, 3.63) is 35.5 Å². The quantitative estimate of drug-likeness (QED) is 0.114. The van der Waals surface area contributed by atoms with Gasteiger partial charge in [0.1, 0.15) is 6.10 Å². The van der Waals surface area contributed by atoms with Gasteiger partial charge in [-0.2, -0.15) is 0 Å². The van der Waals surface area contributed by atoms with Crippen molar-refractivity contribution in [2.75, 3.05) is 0 Å². The molecule has 0 N–H and O–H groups in total. The first-order valence-electron chi connectivity index (χ1n) is 15.4. The number of ether oxygens (including phenoxy) is 1. The number of esters is 1.